The van der Waals surface area contributed by atoms with Crippen molar-refractivity contribution in [1.29, 1.82) is 5.16 Å². The molecule has 0 aliphatic rings. The molecule has 3 N–H and O–H groups in total. The lowest BCUT2D eigenvalue weighted by atomic mass is 10.4. The van der Waals surface area contributed by atoms with Crippen molar-refractivity contribution in [2.75, 3.05) is 0 Å². The normalized spacial score (nSPS) is 11.3. The van der Waals surface area contributed by atoms with E-state index < -0.39 is 17.5 Å². The Morgan fingerprint density at radius 1 is 0.600 bits per heavy atom. The molecule has 3 aromatic carbocycles. The Bertz CT molecular complexity index is 835. The molecule has 0 heterocycles. The van der Waals surface area contributed by atoms with Crippen LogP contribution in [-0.4, -0.2) is 17.5 Å². The molecule has 3 aromatic rings. The second-order valence-corrected chi connectivity index (χ2v) is 8.91. The van der Waals surface area contributed by atoms with E-state index in [1.54, 1.807) is 0 Å². The van der Waals surface area contributed by atoms with Crippen LogP contribution in [0.1, 0.15) is 0 Å². The summed E-state index contributed by atoms with van der Waals surface area (Å²) in [6.07, 6.45) is 0. The maximum Gasteiger partial charge on any atom is 0.394 e. The standard InChI is InChI=1S/C18H16NP.H2O4S/c19-20(16-10-4-1-5-11-16,17-12-6-2-7-13-17)18-14-8-3-9-15-18;1-5(2,3)4/h1-15,19H;(H2,1,2,3,4). The third-order valence-corrected chi connectivity index (χ3v) is 6.65. The molecule has 0 aliphatic heterocycles. The van der Waals surface area contributed by atoms with Gasteiger partial charge in [-0.1, -0.05) is 91.0 Å². The molecular formula is C18H18NO4PS. The Morgan fingerprint density at radius 3 is 1.00 bits per heavy atom. The molecule has 7 heteroatoms. The molecule has 0 fully saturated rings. The van der Waals surface area contributed by atoms with Crippen molar-refractivity contribution in [3.05, 3.63) is 91.0 Å². The van der Waals surface area contributed by atoms with Gasteiger partial charge in [-0.05, 0) is 15.9 Å². The highest BCUT2D eigenvalue weighted by molar-refractivity contribution is 7.86. The smallest absolute Gasteiger partial charge is 0.305 e. The zero-order chi connectivity index (χ0) is 18.3. The van der Waals surface area contributed by atoms with Gasteiger partial charge in [-0.15, -0.1) is 0 Å². The number of hydrogen-bond acceptors (Lipinski definition) is 3. The second-order valence-electron chi connectivity index (χ2n) is 5.13. The monoisotopic (exact) mass is 375 g/mol. The first-order chi connectivity index (χ1) is 11.8. The Hall–Kier alpha value is -2.24. The van der Waals surface area contributed by atoms with Crippen molar-refractivity contribution >= 4 is 33.4 Å². The van der Waals surface area contributed by atoms with Gasteiger partial charge < -0.3 is 5.16 Å². The van der Waals surface area contributed by atoms with Gasteiger partial charge in [-0.3, -0.25) is 9.11 Å². The highest BCUT2D eigenvalue weighted by Gasteiger charge is 2.23. The van der Waals surface area contributed by atoms with Crippen molar-refractivity contribution in [3.63, 3.8) is 0 Å². The zero-order valence-electron chi connectivity index (χ0n) is 13.2. The van der Waals surface area contributed by atoms with E-state index in [-0.39, 0.29) is 0 Å². The van der Waals surface area contributed by atoms with Gasteiger partial charge in [0.15, 0.2) is 0 Å². The summed E-state index contributed by atoms with van der Waals surface area (Å²) in [7, 11) is -6.94. The highest BCUT2D eigenvalue weighted by atomic mass is 32.3. The average molecular weight is 375 g/mol. The minimum absolute atomic E-state index is 1.09. The lowest BCUT2D eigenvalue weighted by Crippen LogP contribution is -2.24. The third-order valence-electron chi connectivity index (χ3n) is 3.43. The van der Waals surface area contributed by atoms with Crippen molar-refractivity contribution in [3.8, 4) is 0 Å². The topological polar surface area (TPSA) is 98.5 Å². The van der Waals surface area contributed by atoms with Crippen molar-refractivity contribution in [1.82, 2.24) is 0 Å². The molecule has 5 nitrogen and oxygen atoms in total. The summed E-state index contributed by atoms with van der Waals surface area (Å²) < 4.78 is 31.6. The number of nitrogens with one attached hydrogen (secondary N) is 1. The summed E-state index contributed by atoms with van der Waals surface area (Å²) in [5.41, 5.74) is 0. The zero-order valence-corrected chi connectivity index (χ0v) is 14.9. The molecule has 0 amide bonds. The van der Waals surface area contributed by atoms with Gasteiger partial charge in [0.1, 0.15) is 0 Å². The third kappa shape index (κ3) is 5.37. The molecule has 130 valence electrons. The molecule has 0 atom stereocenters. The predicted molar refractivity (Wildman–Crippen MR) is 102 cm³/mol. The van der Waals surface area contributed by atoms with E-state index in [1.165, 1.54) is 0 Å². The Balaban J connectivity index is 0.000000399. The van der Waals surface area contributed by atoms with Crippen LogP contribution in [0.15, 0.2) is 91.0 Å². The first-order valence-corrected chi connectivity index (χ1v) is 10.5. The minimum atomic E-state index is -4.67. The van der Waals surface area contributed by atoms with E-state index in [9.17, 15) is 5.16 Å². The van der Waals surface area contributed by atoms with Crippen LogP contribution >= 0.6 is 7.05 Å². The van der Waals surface area contributed by atoms with Crippen LogP contribution in [0.4, 0.5) is 0 Å². The fourth-order valence-corrected chi connectivity index (χ4v) is 5.15. The van der Waals surface area contributed by atoms with Gasteiger partial charge in [0.2, 0.25) is 0 Å². The predicted octanol–water partition coefficient (Wildman–Crippen LogP) is 3.09. The molecule has 0 aromatic heterocycles. The largest absolute Gasteiger partial charge is 0.394 e. The van der Waals surface area contributed by atoms with Crippen LogP contribution in [0, 0.1) is 5.16 Å². The minimum Gasteiger partial charge on any atom is -0.305 e. The Morgan fingerprint density at radius 2 is 0.800 bits per heavy atom. The van der Waals surface area contributed by atoms with E-state index in [0.29, 0.717) is 0 Å². The van der Waals surface area contributed by atoms with E-state index >= 15 is 0 Å². The van der Waals surface area contributed by atoms with Gasteiger partial charge in [-0.2, -0.15) is 8.42 Å². The Labute approximate surface area is 147 Å². The molecule has 0 saturated carbocycles. The van der Waals surface area contributed by atoms with E-state index in [2.05, 4.69) is 36.4 Å². The molecule has 25 heavy (non-hydrogen) atoms. The number of rotatable bonds is 3. The van der Waals surface area contributed by atoms with Gasteiger partial charge in [0.05, 0.1) is 7.05 Å². The van der Waals surface area contributed by atoms with E-state index in [0.717, 1.165) is 15.9 Å². The molecule has 0 radical (unpaired) electrons. The van der Waals surface area contributed by atoms with Crippen molar-refractivity contribution < 1.29 is 17.5 Å². The first-order valence-electron chi connectivity index (χ1n) is 7.32. The maximum absolute atomic E-state index is 9.25. The fourth-order valence-electron chi connectivity index (χ4n) is 2.40. The summed E-state index contributed by atoms with van der Waals surface area (Å²) in [5, 5.41) is 12.5. The number of hydrogen-bond donors (Lipinski definition) is 3. The first kappa shape index (κ1) is 19.1. The highest BCUT2D eigenvalue weighted by Crippen LogP contribution is 2.42. The van der Waals surface area contributed by atoms with Crippen LogP contribution in [0.5, 0.6) is 0 Å². The van der Waals surface area contributed by atoms with Gasteiger partial charge in [0.25, 0.3) is 0 Å². The summed E-state index contributed by atoms with van der Waals surface area (Å²) in [4.78, 5) is 0. The molecule has 0 bridgehead atoms. The summed E-state index contributed by atoms with van der Waals surface area (Å²) in [6, 6.07) is 30.5. The van der Waals surface area contributed by atoms with Crippen molar-refractivity contribution in [2.24, 2.45) is 0 Å². The van der Waals surface area contributed by atoms with Crippen LogP contribution in [0.3, 0.4) is 0 Å². The summed E-state index contributed by atoms with van der Waals surface area (Å²) >= 11 is 0. The summed E-state index contributed by atoms with van der Waals surface area (Å²) in [6.45, 7) is 0. The van der Waals surface area contributed by atoms with Gasteiger partial charge >= 0.3 is 10.4 Å². The average Bonchev–Trinajstić information content (AvgIpc) is 2.62. The molecule has 0 aliphatic carbocycles. The molecule has 0 spiro atoms. The Kier molecular flexibility index (Phi) is 6.28. The SMILES string of the molecule is N=P(c1ccccc1)(c1ccccc1)c1ccccc1.O=S(=O)(O)O. The van der Waals surface area contributed by atoms with Crippen LogP contribution in [0.2, 0.25) is 0 Å². The van der Waals surface area contributed by atoms with Crippen LogP contribution in [-0.2, 0) is 10.4 Å². The van der Waals surface area contributed by atoms with Gasteiger partial charge in [-0.25, -0.2) is 0 Å². The quantitative estimate of drug-likeness (QED) is 0.484. The lowest BCUT2D eigenvalue weighted by molar-refractivity contribution is 0.381. The number of benzene rings is 3. The van der Waals surface area contributed by atoms with Gasteiger partial charge in [0, 0.05) is 0 Å². The van der Waals surface area contributed by atoms with Crippen LogP contribution < -0.4 is 15.9 Å². The molecule has 3 rings (SSSR count). The maximum atomic E-state index is 9.25. The van der Waals surface area contributed by atoms with Crippen LogP contribution in [0.25, 0.3) is 0 Å². The van der Waals surface area contributed by atoms with Crippen molar-refractivity contribution in [2.45, 2.75) is 0 Å². The van der Waals surface area contributed by atoms with E-state index in [4.69, 9.17) is 17.5 Å². The fraction of sp³-hybridized carbons (Fsp3) is 0. The second kappa shape index (κ2) is 8.23. The summed E-state index contributed by atoms with van der Waals surface area (Å²) in [5.74, 6) is 0. The molecule has 0 saturated heterocycles. The molecule has 0 unspecified atom stereocenters. The van der Waals surface area contributed by atoms with E-state index in [1.807, 2.05) is 54.6 Å². The molecular weight excluding hydrogens is 357 g/mol. The lowest BCUT2D eigenvalue weighted by Gasteiger charge is -2.24.